The van der Waals surface area contributed by atoms with Crippen LogP contribution in [-0.2, 0) is 24.2 Å². The molecule has 3 aromatic heterocycles. The standard InChI is InChI=1S/C41H36N6O3S/c1-41(2,3)50-39(49)37-29(28-14-10-17-34-31(28)23-42-47(34)24-26-11-5-4-6-12-26)19-20-36(44-37)46-22-21-27-13-9-15-30(32(27)25-46)38(48)45-40-43-33-16-7-8-18-35(33)51-40/h4-20,23H,21-22,24-25H2,1-3H3,(H,43,45,48). The minimum Gasteiger partial charge on any atom is -0.455 e. The summed E-state index contributed by atoms with van der Waals surface area (Å²) in [6.07, 6.45) is 2.57. The number of hydrogen-bond acceptors (Lipinski definition) is 8. The highest BCUT2D eigenvalue weighted by Gasteiger charge is 2.28. The zero-order valence-corrected chi connectivity index (χ0v) is 29.4. The molecular weight excluding hydrogens is 657 g/mol. The molecule has 0 saturated carbocycles. The average molecular weight is 693 g/mol. The third-order valence-corrected chi connectivity index (χ3v) is 9.93. The third-order valence-electron chi connectivity index (χ3n) is 8.98. The Bertz CT molecular complexity index is 2400. The first-order chi connectivity index (χ1) is 24.7. The van der Waals surface area contributed by atoms with Gasteiger partial charge in [-0.1, -0.05) is 78.1 Å². The molecule has 1 N–H and O–H groups in total. The van der Waals surface area contributed by atoms with Gasteiger partial charge >= 0.3 is 5.97 Å². The maximum atomic E-state index is 13.9. The van der Waals surface area contributed by atoms with Gasteiger partial charge < -0.3 is 9.64 Å². The number of amides is 1. The van der Waals surface area contributed by atoms with E-state index in [1.807, 2.05) is 117 Å². The van der Waals surface area contributed by atoms with Crippen LogP contribution in [0.4, 0.5) is 10.9 Å². The van der Waals surface area contributed by atoms with Crippen LogP contribution in [0.3, 0.4) is 0 Å². The quantitative estimate of drug-likeness (QED) is 0.167. The summed E-state index contributed by atoms with van der Waals surface area (Å²) in [7, 11) is 0. The van der Waals surface area contributed by atoms with Crippen molar-refractivity contribution in [2.75, 3.05) is 16.8 Å². The molecule has 4 aromatic carbocycles. The molecule has 0 fully saturated rings. The molecule has 8 rings (SSSR count). The molecule has 1 aliphatic rings. The van der Waals surface area contributed by atoms with Gasteiger partial charge in [0.15, 0.2) is 10.8 Å². The maximum absolute atomic E-state index is 13.9. The van der Waals surface area contributed by atoms with Gasteiger partial charge in [0.1, 0.15) is 11.4 Å². The van der Waals surface area contributed by atoms with Crippen molar-refractivity contribution in [2.24, 2.45) is 0 Å². The summed E-state index contributed by atoms with van der Waals surface area (Å²) in [4.78, 5) is 39.2. The van der Waals surface area contributed by atoms with E-state index in [9.17, 15) is 9.59 Å². The Morgan fingerprint density at radius 2 is 1.67 bits per heavy atom. The van der Waals surface area contributed by atoms with Crippen molar-refractivity contribution in [3.8, 4) is 11.1 Å². The third kappa shape index (κ3) is 6.58. The number of esters is 1. The summed E-state index contributed by atoms with van der Waals surface area (Å²) in [5.74, 6) is -0.0636. The number of hydrogen-bond donors (Lipinski definition) is 1. The minimum atomic E-state index is -0.714. The Labute approximate surface area is 299 Å². The van der Waals surface area contributed by atoms with Crippen molar-refractivity contribution in [2.45, 2.75) is 45.9 Å². The largest absolute Gasteiger partial charge is 0.455 e. The van der Waals surface area contributed by atoms with E-state index in [0.29, 0.717) is 41.7 Å². The number of aromatic nitrogens is 4. The molecule has 0 bridgehead atoms. The lowest BCUT2D eigenvalue weighted by atomic mass is 9.94. The number of thiazole rings is 1. The zero-order chi connectivity index (χ0) is 35.1. The van der Waals surface area contributed by atoms with Crippen molar-refractivity contribution in [1.29, 1.82) is 0 Å². The van der Waals surface area contributed by atoms with Crippen LogP contribution in [0.25, 0.3) is 32.2 Å². The van der Waals surface area contributed by atoms with Crippen LogP contribution in [0.2, 0.25) is 0 Å². The monoisotopic (exact) mass is 692 g/mol. The van der Waals surface area contributed by atoms with Crippen LogP contribution in [0, 0.1) is 0 Å². The first-order valence-electron chi connectivity index (χ1n) is 17.0. The van der Waals surface area contributed by atoms with Crippen molar-refractivity contribution in [3.05, 3.63) is 137 Å². The van der Waals surface area contributed by atoms with E-state index in [-0.39, 0.29) is 11.6 Å². The number of carbonyl (C=O) groups excluding carboxylic acids is 2. The number of carbonyl (C=O) groups is 2. The number of para-hydroxylation sites is 1. The molecule has 0 unspecified atom stereocenters. The molecule has 1 amide bonds. The van der Waals surface area contributed by atoms with Crippen LogP contribution < -0.4 is 10.2 Å². The Morgan fingerprint density at radius 1 is 0.863 bits per heavy atom. The molecule has 9 nitrogen and oxygen atoms in total. The van der Waals surface area contributed by atoms with Crippen molar-refractivity contribution >= 4 is 55.3 Å². The second-order valence-corrected chi connectivity index (χ2v) is 14.7. The molecular formula is C41H36N6O3S. The number of fused-ring (bicyclic) bond motifs is 3. The van der Waals surface area contributed by atoms with E-state index in [0.717, 1.165) is 49.8 Å². The highest BCUT2D eigenvalue weighted by atomic mass is 32.1. The fourth-order valence-corrected chi connectivity index (χ4v) is 7.49. The van der Waals surface area contributed by atoms with Gasteiger partial charge in [-0.25, -0.2) is 14.8 Å². The fraction of sp³-hybridized carbons (Fsp3) is 0.195. The fourth-order valence-electron chi connectivity index (χ4n) is 6.62. The van der Waals surface area contributed by atoms with E-state index in [4.69, 9.17) is 14.8 Å². The lowest BCUT2D eigenvalue weighted by Crippen LogP contribution is -2.33. The Hall–Kier alpha value is -5.87. The van der Waals surface area contributed by atoms with Gasteiger partial charge in [-0.15, -0.1) is 0 Å². The highest BCUT2D eigenvalue weighted by Crippen LogP contribution is 2.35. The second kappa shape index (κ2) is 13.1. The van der Waals surface area contributed by atoms with Gasteiger partial charge in [0.25, 0.3) is 5.91 Å². The molecule has 51 heavy (non-hydrogen) atoms. The zero-order valence-electron chi connectivity index (χ0n) is 28.6. The lowest BCUT2D eigenvalue weighted by molar-refractivity contribution is 0.00638. The van der Waals surface area contributed by atoms with Gasteiger partial charge in [0, 0.05) is 29.6 Å². The normalized spacial score (nSPS) is 13.0. The molecule has 1 aliphatic heterocycles. The summed E-state index contributed by atoms with van der Waals surface area (Å²) < 4.78 is 8.90. The van der Waals surface area contributed by atoms with E-state index >= 15 is 0 Å². The maximum Gasteiger partial charge on any atom is 0.358 e. The molecule has 4 heterocycles. The number of rotatable bonds is 7. The van der Waals surface area contributed by atoms with Gasteiger partial charge in [0.2, 0.25) is 0 Å². The van der Waals surface area contributed by atoms with Crippen LogP contribution in [0.15, 0.2) is 109 Å². The van der Waals surface area contributed by atoms with Gasteiger partial charge in [-0.2, -0.15) is 5.10 Å². The number of nitrogens with one attached hydrogen (secondary N) is 1. The molecule has 0 aliphatic carbocycles. The summed E-state index contributed by atoms with van der Waals surface area (Å²) in [5.41, 5.74) is 6.65. The number of anilines is 2. The van der Waals surface area contributed by atoms with E-state index in [1.165, 1.54) is 11.3 Å². The summed E-state index contributed by atoms with van der Waals surface area (Å²) in [6.45, 7) is 7.32. The van der Waals surface area contributed by atoms with Crippen LogP contribution in [-0.4, -0.2) is 43.8 Å². The van der Waals surface area contributed by atoms with Gasteiger partial charge in [-0.3, -0.25) is 14.8 Å². The van der Waals surface area contributed by atoms with Crippen LogP contribution in [0.5, 0.6) is 0 Å². The van der Waals surface area contributed by atoms with E-state index in [1.54, 1.807) is 0 Å². The predicted octanol–water partition coefficient (Wildman–Crippen LogP) is 8.53. The first-order valence-corrected chi connectivity index (χ1v) is 17.8. The van der Waals surface area contributed by atoms with Gasteiger partial charge in [0.05, 0.1) is 28.5 Å². The first kappa shape index (κ1) is 32.3. The summed E-state index contributed by atoms with van der Waals surface area (Å²) in [5, 5.41) is 9.22. The Kier molecular flexibility index (Phi) is 8.31. The Morgan fingerprint density at radius 3 is 2.49 bits per heavy atom. The molecule has 7 aromatic rings. The van der Waals surface area contributed by atoms with Crippen LogP contribution in [0.1, 0.15) is 58.3 Å². The summed E-state index contributed by atoms with van der Waals surface area (Å²) >= 11 is 1.45. The topological polar surface area (TPSA) is 102 Å². The molecule has 0 saturated heterocycles. The SMILES string of the molecule is CC(C)(C)OC(=O)c1nc(N2CCc3cccc(C(=O)Nc4nc5ccccc5s4)c3C2)ccc1-c1cccc2c1cnn2Cc1ccccc1. The number of nitrogens with zero attached hydrogens (tertiary/aromatic N) is 5. The lowest BCUT2D eigenvalue weighted by Gasteiger charge is -2.31. The van der Waals surface area contributed by atoms with E-state index < -0.39 is 11.6 Å². The van der Waals surface area contributed by atoms with E-state index in [2.05, 4.69) is 33.4 Å². The smallest absolute Gasteiger partial charge is 0.358 e. The van der Waals surface area contributed by atoms with Gasteiger partial charge in [-0.05, 0) is 85.8 Å². The molecule has 0 atom stereocenters. The molecule has 0 spiro atoms. The minimum absolute atomic E-state index is 0.202. The molecule has 254 valence electrons. The number of ether oxygens (including phenoxy) is 1. The molecule has 10 heteroatoms. The average Bonchev–Trinajstić information content (AvgIpc) is 3.74. The van der Waals surface area contributed by atoms with Crippen molar-refractivity contribution in [3.63, 3.8) is 0 Å². The number of pyridine rings is 1. The second-order valence-electron chi connectivity index (χ2n) is 13.6. The van der Waals surface area contributed by atoms with Crippen molar-refractivity contribution < 1.29 is 14.3 Å². The predicted molar refractivity (Wildman–Crippen MR) is 202 cm³/mol. The van der Waals surface area contributed by atoms with Crippen molar-refractivity contribution in [1.82, 2.24) is 19.7 Å². The summed E-state index contributed by atoms with van der Waals surface area (Å²) in [6, 6.07) is 33.8. The Balaban J connectivity index is 1.13. The highest BCUT2D eigenvalue weighted by molar-refractivity contribution is 7.22. The van der Waals surface area contributed by atoms with Crippen LogP contribution >= 0.6 is 11.3 Å². The molecule has 0 radical (unpaired) electrons. The number of benzene rings is 4.